The average molecular weight is 152 g/mol. The van der Waals surface area contributed by atoms with Gasteiger partial charge in [0.1, 0.15) is 0 Å². The fourth-order valence-electron chi connectivity index (χ4n) is 1.12. The van der Waals surface area contributed by atoms with Crippen molar-refractivity contribution < 1.29 is 0 Å². The van der Waals surface area contributed by atoms with Crippen LogP contribution in [0.3, 0.4) is 0 Å². The molecule has 0 aromatic rings. The summed E-state index contributed by atoms with van der Waals surface area (Å²) >= 11 is 0. The molecule has 0 saturated carbocycles. The molecule has 1 heterocycles. The standard InChI is InChI=1S/C9H16N2/c1-9(2,3)7-4-5-8(10)11-6-7/h6H,4-5H2,1-3H3,(H2,10,11). The fraction of sp³-hybridized carbons (Fsp3) is 0.667. The Morgan fingerprint density at radius 3 is 2.36 bits per heavy atom. The first-order valence-corrected chi connectivity index (χ1v) is 4.02. The first-order chi connectivity index (χ1) is 5.00. The summed E-state index contributed by atoms with van der Waals surface area (Å²) in [6.45, 7) is 6.61. The molecule has 1 rings (SSSR count). The van der Waals surface area contributed by atoms with Crippen LogP contribution in [-0.4, -0.2) is 5.84 Å². The highest BCUT2D eigenvalue weighted by Crippen LogP contribution is 2.30. The van der Waals surface area contributed by atoms with Crippen molar-refractivity contribution in [3.63, 3.8) is 0 Å². The van der Waals surface area contributed by atoms with Crippen molar-refractivity contribution >= 4 is 5.84 Å². The number of amidine groups is 1. The molecule has 1 aliphatic heterocycles. The van der Waals surface area contributed by atoms with E-state index in [1.54, 1.807) is 0 Å². The van der Waals surface area contributed by atoms with Crippen molar-refractivity contribution in [2.75, 3.05) is 0 Å². The Balaban J connectivity index is 2.77. The summed E-state index contributed by atoms with van der Waals surface area (Å²) in [6.07, 6.45) is 3.90. The monoisotopic (exact) mass is 152 g/mol. The first kappa shape index (κ1) is 8.31. The molecule has 0 aliphatic carbocycles. The van der Waals surface area contributed by atoms with Crippen LogP contribution in [0.5, 0.6) is 0 Å². The Kier molecular flexibility index (Phi) is 2.03. The van der Waals surface area contributed by atoms with Gasteiger partial charge < -0.3 is 5.73 Å². The maximum absolute atomic E-state index is 5.55. The highest BCUT2D eigenvalue weighted by atomic mass is 14.8. The lowest BCUT2D eigenvalue weighted by Crippen LogP contribution is -2.18. The summed E-state index contributed by atoms with van der Waals surface area (Å²) in [5, 5.41) is 0. The van der Waals surface area contributed by atoms with Crippen molar-refractivity contribution in [1.29, 1.82) is 0 Å². The smallest absolute Gasteiger partial charge is 0.0992 e. The van der Waals surface area contributed by atoms with Crippen LogP contribution in [0.2, 0.25) is 0 Å². The van der Waals surface area contributed by atoms with Gasteiger partial charge in [-0.2, -0.15) is 0 Å². The van der Waals surface area contributed by atoms with Gasteiger partial charge >= 0.3 is 0 Å². The lowest BCUT2D eigenvalue weighted by Gasteiger charge is -2.24. The predicted octanol–water partition coefficient (Wildman–Crippen LogP) is 2.07. The molecule has 0 radical (unpaired) electrons. The fourth-order valence-corrected chi connectivity index (χ4v) is 1.12. The molecule has 0 amide bonds. The van der Waals surface area contributed by atoms with E-state index < -0.39 is 0 Å². The Morgan fingerprint density at radius 1 is 1.36 bits per heavy atom. The van der Waals surface area contributed by atoms with Crippen LogP contribution >= 0.6 is 0 Å². The zero-order chi connectivity index (χ0) is 8.48. The number of hydrogen-bond donors (Lipinski definition) is 1. The van der Waals surface area contributed by atoms with E-state index in [4.69, 9.17) is 5.73 Å². The average Bonchev–Trinajstić information content (AvgIpc) is 1.86. The van der Waals surface area contributed by atoms with Gasteiger partial charge in [0, 0.05) is 12.6 Å². The van der Waals surface area contributed by atoms with Crippen LogP contribution < -0.4 is 5.73 Å². The maximum atomic E-state index is 5.55. The molecule has 2 nitrogen and oxygen atoms in total. The molecule has 0 atom stereocenters. The molecular formula is C9H16N2. The molecule has 0 spiro atoms. The zero-order valence-electron chi connectivity index (χ0n) is 7.52. The third-order valence-corrected chi connectivity index (χ3v) is 2.00. The van der Waals surface area contributed by atoms with Crippen LogP contribution in [-0.2, 0) is 0 Å². The van der Waals surface area contributed by atoms with Crippen molar-refractivity contribution in [2.24, 2.45) is 16.1 Å². The van der Waals surface area contributed by atoms with Crippen molar-refractivity contribution in [2.45, 2.75) is 33.6 Å². The van der Waals surface area contributed by atoms with Crippen LogP contribution in [0.15, 0.2) is 16.8 Å². The van der Waals surface area contributed by atoms with Gasteiger partial charge in [0.2, 0.25) is 0 Å². The molecule has 0 fully saturated rings. The highest BCUT2D eigenvalue weighted by molar-refractivity contribution is 5.82. The van der Waals surface area contributed by atoms with Gasteiger partial charge in [-0.15, -0.1) is 0 Å². The number of rotatable bonds is 0. The lowest BCUT2D eigenvalue weighted by molar-refractivity contribution is 0.481. The predicted molar refractivity (Wildman–Crippen MR) is 48.4 cm³/mol. The SMILES string of the molecule is CC(C)(C)C1=CN=C(N)CC1. The van der Waals surface area contributed by atoms with Crippen molar-refractivity contribution in [1.82, 2.24) is 0 Å². The van der Waals surface area contributed by atoms with E-state index in [1.807, 2.05) is 6.20 Å². The molecule has 1 aliphatic rings. The molecule has 0 unspecified atom stereocenters. The van der Waals surface area contributed by atoms with Crippen molar-refractivity contribution in [3.8, 4) is 0 Å². The third-order valence-electron chi connectivity index (χ3n) is 2.00. The van der Waals surface area contributed by atoms with Gasteiger partial charge in [0.15, 0.2) is 0 Å². The van der Waals surface area contributed by atoms with E-state index in [1.165, 1.54) is 5.57 Å². The summed E-state index contributed by atoms with van der Waals surface area (Å²) in [4.78, 5) is 4.11. The summed E-state index contributed by atoms with van der Waals surface area (Å²) in [6, 6.07) is 0. The lowest BCUT2D eigenvalue weighted by atomic mass is 9.83. The Hall–Kier alpha value is -0.790. The molecule has 0 saturated heterocycles. The van der Waals surface area contributed by atoms with E-state index in [-0.39, 0.29) is 5.41 Å². The van der Waals surface area contributed by atoms with Crippen LogP contribution in [0.1, 0.15) is 33.6 Å². The van der Waals surface area contributed by atoms with Gasteiger partial charge in [0.05, 0.1) is 5.84 Å². The topological polar surface area (TPSA) is 38.4 Å². The second-order valence-electron chi connectivity index (χ2n) is 4.02. The molecule has 0 aromatic carbocycles. The number of nitrogens with two attached hydrogens (primary N) is 1. The molecule has 62 valence electrons. The quantitative estimate of drug-likeness (QED) is 0.567. The van der Waals surface area contributed by atoms with E-state index in [2.05, 4.69) is 25.8 Å². The maximum Gasteiger partial charge on any atom is 0.0992 e. The Morgan fingerprint density at radius 2 is 2.00 bits per heavy atom. The summed E-state index contributed by atoms with van der Waals surface area (Å²) in [7, 11) is 0. The molecular weight excluding hydrogens is 136 g/mol. The minimum atomic E-state index is 0.254. The summed E-state index contributed by atoms with van der Waals surface area (Å²) < 4.78 is 0. The third kappa shape index (κ3) is 2.07. The Bertz CT molecular complexity index is 206. The minimum Gasteiger partial charge on any atom is -0.387 e. The van der Waals surface area contributed by atoms with E-state index in [0.717, 1.165) is 18.7 Å². The minimum absolute atomic E-state index is 0.254. The van der Waals surface area contributed by atoms with E-state index in [9.17, 15) is 0 Å². The van der Waals surface area contributed by atoms with Crippen molar-refractivity contribution in [3.05, 3.63) is 11.8 Å². The van der Waals surface area contributed by atoms with Gasteiger partial charge in [0.25, 0.3) is 0 Å². The molecule has 0 aromatic heterocycles. The van der Waals surface area contributed by atoms with Crippen LogP contribution in [0.4, 0.5) is 0 Å². The summed E-state index contributed by atoms with van der Waals surface area (Å²) in [5.74, 6) is 0.762. The van der Waals surface area contributed by atoms with Gasteiger partial charge in [-0.25, -0.2) is 4.99 Å². The Labute approximate surface area is 68.2 Å². The van der Waals surface area contributed by atoms with Gasteiger partial charge in [-0.05, 0) is 17.4 Å². The molecule has 0 bridgehead atoms. The van der Waals surface area contributed by atoms with E-state index >= 15 is 0 Å². The van der Waals surface area contributed by atoms with Gasteiger partial charge in [-0.3, -0.25) is 0 Å². The van der Waals surface area contributed by atoms with E-state index in [0.29, 0.717) is 0 Å². The molecule has 11 heavy (non-hydrogen) atoms. The normalized spacial score (nSPS) is 19.2. The number of nitrogens with zero attached hydrogens (tertiary/aromatic N) is 1. The highest BCUT2D eigenvalue weighted by Gasteiger charge is 2.18. The second-order valence-corrected chi connectivity index (χ2v) is 4.02. The number of aliphatic imine (C=N–C) groups is 1. The van der Waals surface area contributed by atoms with Gasteiger partial charge in [-0.1, -0.05) is 20.8 Å². The van der Waals surface area contributed by atoms with Crippen LogP contribution in [0.25, 0.3) is 0 Å². The number of allylic oxidation sites excluding steroid dienone is 1. The zero-order valence-corrected chi connectivity index (χ0v) is 7.52. The largest absolute Gasteiger partial charge is 0.387 e. The first-order valence-electron chi connectivity index (χ1n) is 4.02. The molecule has 2 N–H and O–H groups in total. The summed E-state index contributed by atoms with van der Waals surface area (Å²) in [5.41, 5.74) is 7.19. The van der Waals surface area contributed by atoms with Crippen LogP contribution in [0, 0.1) is 5.41 Å². The molecule has 2 heteroatoms. The number of hydrogen-bond acceptors (Lipinski definition) is 2. The second kappa shape index (κ2) is 2.68.